The van der Waals surface area contributed by atoms with E-state index in [1.54, 1.807) is 6.07 Å². The maximum absolute atomic E-state index is 10.6. The first-order valence-electron chi connectivity index (χ1n) is 5.63. The molecular weight excluding hydrogens is 286 g/mol. The lowest BCUT2D eigenvalue weighted by Gasteiger charge is -2.12. The van der Waals surface area contributed by atoms with Crippen LogP contribution in [0.1, 0.15) is 12.0 Å². The largest absolute Gasteiger partial charge is 0.493 e. The second-order valence-corrected chi connectivity index (χ2v) is 4.18. The number of amides is 1. The van der Waals surface area contributed by atoms with Gasteiger partial charge in [0.25, 0.3) is 0 Å². The number of carbonyl (C=O) groups is 2. The molecule has 3 N–H and O–H groups in total. The molecule has 0 saturated carbocycles. The molecule has 20 heavy (non-hydrogen) atoms. The Kier molecular flexibility index (Phi) is 5.86. The Bertz CT molecular complexity index is 542. The highest BCUT2D eigenvalue weighted by molar-refractivity contribution is 6.32. The van der Waals surface area contributed by atoms with Gasteiger partial charge in [0.05, 0.1) is 25.2 Å². The van der Waals surface area contributed by atoms with Gasteiger partial charge < -0.3 is 20.3 Å². The van der Waals surface area contributed by atoms with Crippen LogP contribution in [0.15, 0.2) is 18.2 Å². The average Bonchev–Trinajstić information content (AvgIpc) is 2.37. The molecule has 0 unspecified atom stereocenters. The van der Waals surface area contributed by atoms with Crippen LogP contribution in [0.3, 0.4) is 0 Å². The van der Waals surface area contributed by atoms with Gasteiger partial charge in [0.1, 0.15) is 0 Å². The molecule has 0 radical (unpaired) electrons. The molecule has 0 fully saturated rings. The molecule has 0 aromatic heterocycles. The van der Waals surface area contributed by atoms with Gasteiger partial charge in [-0.15, -0.1) is 0 Å². The van der Waals surface area contributed by atoms with Crippen molar-refractivity contribution in [2.45, 2.75) is 6.42 Å². The summed E-state index contributed by atoms with van der Waals surface area (Å²) in [6.45, 7) is 0.0791. The van der Waals surface area contributed by atoms with E-state index >= 15 is 0 Å². The van der Waals surface area contributed by atoms with Crippen molar-refractivity contribution >= 4 is 29.6 Å². The summed E-state index contributed by atoms with van der Waals surface area (Å²) in [5.74, 6) is -0.933. The van der Waals surface area contributed by atoms with Gasteiger partial charge in [0.2, 0.25) is 5.91 Å². The van der Waals surface area contributed by atoms with Crippen LogP contribution in [0.4, 0.5) is 0 Å². The van der Waals surface area contributed by atoms with Crippen LogP contribution in [0.2, 0.25) is 5.02 Å². The van der Waals surface area contributed by atoms with Crippen molar-refractivity contribution < 1.29 is 24.2 Å². The quantitative estimate of drug-likeness (QED) is 0.747. The van der Waals surface area contributed by atoms with Crippen LogP contribution < -0.4 is 15.2 Å². The molecule has 7 heteroatoms. The fraction of sp³-hybridized carbons (Fsp3) is 0.231. The standard InChI is InChI=1S/C13H14ClNO5/c1-19-10-7-8(2-3-12(17)18)6-9(14)13(10)20-5-4-11(15)16/h2-3,6-7H,4-5H2,1H3,(H2,15,16)(H,17,18)/b3-2+. The minimum absolute atomic E-state index is 0.0557. The number of carbonyl (C=O) groups excluding carboxylic acids is 1. The Hall–Kier alpha value is -2.21. The number of carboxylic acid groups (broad SMARTS) is 1. The van der Waals surface area contributed by atoms with Crippen molar-refractivity contribution in [3.8, 4) is 11.5 Å². The third kappa shape index (κ3) is 4.81. The van der Waals surface area contributed by atoms with E-state index in [4.69, 9.17) is 31.9 Å². The average molecular weight is 300 g/mol. The molecule has 0 aliphatic carbocycles. The Labute approximate surface area is 120 Å². The highest BCUT2D eigenvalue weighted by Gasteiger charge is 2.11. The first-order valence-corrected chi connectivity index (χ1v) is 6.01. The molecule has 1 amide bonds. The molecule has 1 rings (SSSR count). The van der Waals surface area contributed by atoms with Gasteiger partial charge in [-0.3, -0.25) is 4.79 Å². The van der Waals surface area contributed by atoms with Crippen LogP contribution in [-0.2, 0) is 9.59 Å². The van der Waals surface area contributed by atoms with Crippen molar-refractivity contribution in [1.82, 2.24) is 0 Å². The van der Waals surface area contributed by atoms with Crippen molar-refractivity contribution in [3.63, 3.8) is 0 Å². The summed E-state index contributed by atoms with van der Waals surface area (Å²) in [6.07, 6.45) is 2.42. The summed E-state index contributed by atoms with van der Waals surface area (Å²) in [6, 6.07) is 3.11. The van der Waals surface area contributed by atoms with Crippen molar-refractivity contribution in [2.24, 2.45) is 5.73 Å². The highest BCUT2D eigenvalue weighted by Crippen LogP contribution is 2.36. The van der Waals surface area contributed by atoms with E-state index in [0.717, 1.165) is 6.08 Å². The van der Waals surface area contributed by atoms with E-state index in [-0.39, 0.29) is 23.8 Å². The maximum Gasteiger partial charge on any atom is 0.328 e. The fourth-order valence-electron chi connectivity index (χ4n) is 1.40. The Morgan fingerprint density at radius 1 is 1.45 bits per heavy atom. The van der Waals surface area contributed by atoms with Gasteiger partial charge in [0.15, 0.2) is 11.5 Å². The van der Waals surface area contributed by atoms with E-state index in [0.29, 0.717) is 11.3 Å². The van der Waals surface area contributed by atoms with E-state index < -0.39 is 11.9 Å². The lowest BCUT2D eigenvalue weighted by Crippen LogP contribution is -2.14. The lowest BCUT2D eigenvalue weighted by atomic mass is 10.2. The first-order chi connectivity index (χ1) is 9.43. The fourth-order valence-corrected chi connectivity index (χ4v) is 1.67. The molecular formula is C13H14ClNO5. The molecule has 1 aromatic carbocycles. The Morgan fingerprint density at radius 2 is 2.15 bits per heavy atom. The second-order valence-electron chi connectivity index (χ2n) is 3.77. The van der Waals surface area contributed by atoms with Crippen molar-refractivity contribution in [1.29, 1.82) is 0 Å². The molecule has 0 aliphatic heterocycles. The van der Waals surface area contributed by atoms with Crippen LogP contribution in [0, 0.1) is 0 Å². The summed E-state index contributed by atoms with van der Waals surface area (Å²) in [7, 11) is 1.43. The number of primary amides is 1. The molecule has 6 nitrogen and oxygen atoms in total. The van der Waals surface area contributed by atoms with Crippen LogP contribution >= 0.6 is 11.6 Å². The van der Waals surface area contributed by atoms with Crippen LogP contribution in [0.25, 0.3) is 6.08 Å². The Morgan fingerprint density at radius 3 is 2.70 bits per heavy atom. The molecule has 0 bridgehead atoms. The monoisotopic (exact) mass is 299 g/mol. The van der Waals surface area contributed by atoms with Gasteiger partial charge in [0, 0.05) is 6.08 Å². The molecule has 0 aliphatic rings. The zero-order valence-corrected chi connectivity index (χ0v) is 11.5. The third-order valence-electron chi connectivity index (χ3n) is 2.26. The highest BCUT2D eigenvalue weighted by atomic mass is 35.5. The van der Waals surface area contributed by atoms with E-state index in [1.807, 2.05) is 0 Å². The van der Waals surface area contributed by atoms with Gasteiger partial charge in [-0.05, 0) is 23.8 Å². The van der Waals surface area contributed by atoms with Gasteiger partial charge in [-0.1, -0.05) is 11.6 Å². The number of benzene rings is 1. The number of aliphatic carboxylic acids is 1. The van der Waals surface area contributed by atoms with E-state index in [9.17, 15) is 9.59 Å². The van der Waals surface area contributed by atoms with Crippen molar-refractivity contribution in [2.75, 3.05) is 13.7 Å². The predicted molar refractivity (Wildman–Crippen MR) is 74.0 cm³/mol. The minimum Gasteiger partial charge on any atom is -0.493 e. The van der Waals surface area contributed by atoms with Gasteiger partial charge >= 0.3 is 5.97 Å². The molecule has 108 valence electrons. The second kappa shape index (κ2) is 7.40. The zero-order chi connectivity index (χ0) is 15.1. The number of nitrogens with two attached hydrogens (primary N) is 1. The zero-order valence-electron chi connectivity index (χ0n) is 10.8. The predicted octanol–water partition coefficient (Wildman–Crippen LogP) is 1.70. The summed E-state index contributed by atoms with van der Waals surface area (Å²) in [5, 5.41) is 8.82. The third-order valence-corrected chi connectivity index (χ3v) is 2.55. The Balaban J connectivity index is 2.95. The number of ether oxygens (including phenoxy) is 2. The lowest BCUT2D eigenvalue weighted by molar-refractivity contribution is -0.131. The van der Waals surface area contributed by atoms with E-state index in [2.05, 4.69) is 0 Å². The number of hydrogen-bond donors (Lipinski definition) is 2. The van der Waals surface area contributed by atoms with Crippen LogP contribution in [-0.4, -0.2) is 30.7 Å². The van der Waals surface area contributed by atoms with Gasteiger partial charge in [-0.2, -0.15) is 0 Å². The van der Waals surface area contributed by atoms with Gasteiger partial charge in [-0.25, -0.2) is 4.79 Å². The molecule has 1 aromatic rings. The van der Waals surface area contributed by atoms with Crippen molar-refractivity contribution in [3.05, 3.63) is 28.8 Å². The molecule has 0 saturated heterocycles. The number of halogens is 1. The molecule has 0 spiro atoms. The normalized spacial score (nSPS) is 10.5. The molecule has 0 atom stereocenters. The minimum atomic E-state index is -1.07. The first kappa shape index (κ1) is 15.8. The smallest absolute Gasteiger partial charge is 0.328 e. The number of hydrogen-bond acceptors (Lipinski definition) is 4. The maximum atomic E-state index is 10.6. The summed E-state index contributed by atoms with van der Waals surface area (Å²) >= 11 is 6.04. The number of carboxylic acids is 1. The molecule has 0 heterocycles. The topological polar surface area (TPSA) is 98.8 Å². The van der Waals surface area contributed by atoms with E-state index in [1.165, 1.54) is 19.3 Å². The van der Waals surface area contributed by atoms with Crippen LogP contribution in [0.5, 0.6) is 11.5 Å². The summed E-state index contributed by atoms with van der Waals surface area (Å²) < 4.78 is 10.5. The SMILES string of the molecule is COc1cc(/C=C/C(=O)O)cc(Cl)c1OCCC(N)=O. The summed E-state index contributed by atoms with van der Waals surface area (Å²) in [5.41, 5.74) is 5.56. The number of methoxy groups -OCH3 is 1. The summed E-state index contributed by atoms with van der Waals surface area (Å²) in [4.78, 5) is 21.1. The number of rotatable bonds is 7.